The molecule has 3 nitrogen and oxygen atoms in total. The SMILES string of the molecule is CCc1occc1C(=O)Cc1ccc(C)cn1. The lowest BCUT2D eigenvalue weighted by molar-refractivity contribution is 0.0990. The lowest BCUT2D eigenvalue weighted by Gasteiger charge is -2.01. The van der Waals surface area contributed by atoms with E-state index in [1.54, 1.807) is 18.5 Å². The van der Waals surface area contributed by atoms with Crippen LogP contribution in [0.4, 0.5) is 0 Å². The minimum atomic E-state index is 0.0620. The Hall–Kier alpha value is -1.90. The molecule has 0 unspecified atom stereocenters. The molecule has 2 heterocycles. The van der Waals surface area contributed by atoms with Crippen LogP contribution >= 0.6 is 0 Å². The highest BCUT2D eigenvalue weighted by Gasteiger charge is 2.14. The number of pyridine rings is 1. The summed E-state index contributed by atoms with van der Waals surface area (Å²) in [5.74, 6) is 0.814. The second-order valence-corrected chi connectivity index (χ2v) is 4.04. The van der Waals surface area contributed by atoms with Crippen molar-refractivity contribution >= 4 is 5.78 Å². The molecule has 0 aliphatic carbocycles. The predicted octanol–water partition coefficient (Wildman–Crippen LogP) is 2.97. The highest BCUT2D eigenvalue weighted by molar-refractivity contribution is 5.98. The Morgan fingerprint density at radius 3 is 2.82 bits per heavy atom. The van der Waals surface area contributed by atoms with Crippen molar-refractivity contribution in [2.24, 2.45) is 0 Å². The standard InChI is InChI=1S/C14H15NO2/c1-3-14-12(6-7-17-14)13(16)8-11-5-4-10(2)9-15-11/h4-7,9H,3,8H2,1-2H3. The third-order valence-corrected chi connectivity index (χ3v) is 2.68. The Labute approximate surface area is 100 Å². The zero-order valence-electron chi connectivity index (χ0n) is 10.1. The van der Waals surface area contributed by atoms with Gasteiger partial charge in [0, 0.05) is 18.3 Å². The topological polar surface area (TPSA) is 43.1 Å². The van der Waals surface area contributed by atoms with E-state index >= 15 is 0 Å². The molecular formula is C14H15NO2. The molecule has 0 amide bonds. The molecule has 0 bridgehead atoms. The quantitative estimate of drug-likeness (QED) is 0.757. The maximum absolute atomic E-state index is 12.0. The molecule has 2 rings (SSSR count). The van der Waals surface area contributed by atoms with Crippen molar-refractivity contribution in [1.82, 2.24) is 4.98 Å². The van der Waals surface area contributed by atoms with Gasteiger partial charge < -0.3 is 4.42 Å². The van der Waals surface area contributed by atoms with Crippen LogP contribution in [0, 0.1) is 6.92 Å². The van der Waals surface area contributed by atoms with E-state index in [4.69, 9.17) is 4.42 Å². The fraction of sp³-hybridized carbons (Fsp3) is 0.286. The van der Waals surface area contributed by atoms with Gasteiger partial charge in [0.25, 0.3) is 0 Å². The van der Waals surface area contributed by atoms with E-state index in [0.29, 0.717) is 12.0 Å². The van der Waals surface area contributed by atoms with Gasteiger partial charge in [0.1, 0.15) is 5.76 Å². The van der Waals surface area contributed by atoms with Crippen LogP contribution in [-0.4, -0.2) is 10.8 Å². The molecule has 0 fully saturated rings. The first-order chi connectivity index (χ1) is 8.20. The Morgan fingerprint density at radius 1 is 1.35 bits per heavy atom. The van der Waals surface area contributed by atoms with Crippen molar-refractivity contribution in [3.05, 3.63) is 53.2 Å². The molecule has 88 valence electrons. The van der Waals surface area contributed by atoms with Gasteiger partial charge in [0.05, 0.1) is 18.2 Å². The van der Waals surface area contributed by atoms with Gasteiger partial charge in [-0.05, 0) is 24.6 Å². The lowest BCUT2D eigenvalue weighted by Crippen LogP contribution is -2.06. The summed E-state index contributed by atoms with van der Waals surface area (Å²) in [5.41, 5.74) is 2.57. The Balaban J connectivity index is 2.14. The molecule has 3 heteroatoms. The molecule has 0 saturated heterocycles. The molecule has 0 aliphatic heterocycles. The summed E-state index contributed by atoms with van der Waals surface area (Å²) in [4.78, 5) is 16.3. The number of carbonyl (C=O) groups is 1. The molecule has 0 saturated carbocycles. The van der Waals surface area contributed by atoms with Crippen LogP contribution in [0.5, 0.6) is 0 Å². The zero-order chi connectivity index (χ0) is 12.3. The number of Topliss-reactive ketones (excluding diaryl/α,β-unsaturated/α-hetero) is 1. The number of hydrogen-bond donors (Lipinski definition) is 0. The summed E-state index contributed by atoms with van der Waals surface area (Å²) < 4.78 is 5.25. The molecule has 2 aromatic heterocycles. The van der Waals surface area contributed by atoms with E-state index in [-0.39, 0.29) is 5.78 Å². The molecule has 0 N–H and O–H groups in total. The molecule has 0 atom stereocenters. The Morgan fingerprint density at radius 2 is 2.18 bits per heavy atom. The summed E-state index contributed by atoms with van der Waals surface area (Å²) in [5, 5.41) is 0. The van der Waals surface area contributed by atoms with Crippen LogP contribution in [-0.2, 0) is 12.8 Å². The number of aromatic nitrogens is 1. The molecule has 0 radical (unpaired) electrons. The maximum atomic E-state index is 12.0. The number of furan rings is 1. The summed E-state index contributed by atoms with van der Waals surface area (Å²) in [6, 6.07) is 5.58. The number of ketones is 1. The van der Waals surface area contributed by atoms with Gasteiger partial charge in [0.15, 0.2) is 5.78 Å². The lowest BCUT2D eigenvalue weighted by atomic mass is 10.1. The number of nitrogens with zero attached hydrogens (tertiary/aromatic N) is 1. The second kappa shape index (κ2) is 4.95. The summed E-state index contributed by atoms with van der Waals surface area (Å²) in [7, 11) is 0. The highest BCUT2D eigenvalue weighted by Crippen LogP contribution is 2.14. The average Bonchev–Trinajstić information content (AvgIpc) is 2.80. The molecule has 0 spiro atoms. The van der Waals surface area contributed by atoms with E-state index in [9.17, 15) is 4.79 Å². The van der Waals surface area contributed by atoms with E-state index in [1.165, 1.54) is 0 Å². The number of carbonyl (C=O) groups excluding carboxylic acids is 1. The van der Waals surface area contributed by atoms with Crippen LogP contribution in [0.15, 0.2) is 35.1 Å². The van der Waals surface area contributed by atoms with Gasteiger partial charge in [-0.3, -0.25) is 9.78 Å². The largest absolute Gasteiger partial charge is 0.469 e. The Kier molecular flexibility index (Phi) is 3.38. The van der Waals surface area contributed by atoms with Crippen molar-refractivity contribution in [2.45, 2.75) is 26.7 Å². The normalized spacial score (nSPS) is 10.5. The zero-order valence-corrected chi connectivity index (χ0v) is 10.1. The fourth-order valence-corrected chi connectivity index (χ4v) is 1.73. The van der Waals surface area contributed by atoms with E-state index in [0.717, 1.165) is 23.4 Å². The third kappa shape index (κ3) is 2.61. The highest BCUT2D eigenvalue weighted by atomic mass is 16.3. The summed E-state index contributed by atoms with van der Waals surface area (Å²) in [6.45, 7) is 3.95. The van der Waals surface area contributed by atoms with Gasteiger partial charge in [0.2, 0.25) is 0 Å². The second-order valence-electron chi connectivity index (χ2n) is 4.04. The molecular weight excluding hydrogens is 214 g/mol. The van der Waals surface area contributed by atoms with E-state index in [2.05, 4.69) is 4.98 Å². The molecule has 0 aromatic carbocycles. The van der Waals surface area contributed by atoms with Crippen LogP contribution in [0.1, 0.15) is 34.3 Å². The van der Waals surface area contributed by atoms with E-state index in [1.807, 2.05) is 26.0 Å². The first-order valence-corrected chi connectivity index (χ1v) is 5.71. The van der Waals surface area contributed by atoms with Crippen LogP contribution < -0.4 is 0 Å². The number of hydrogen-bond acceptors (Lipinski definition) is 3. The van der Waals surface area contributed by atoms with Gasteiger partial charge in [-0.2, -0.15) is 0 Å². The van der Waals surface area contributed by atoms with Crippen molar-refractivity contribution in [3.8, 4) is 0 Å². The smallest absolute Gasteiger partial charge is 0.172 e. The first kappa shape index (κ1) is 11.6. The average molecular weight is 229 g/mol. The number of aryl methyl sites for hydroxylation is 2. The number of rotatable bonds is 4. The van der Waals surface area contributed by atoms with Crippen molar-refractivity contribution in [2.75, 3.05) is 0 Å². The fourth-order valence-electron chi connectivity index (χ4n) is 1.73. The maximum Gasteiger partial charge on any atom is 0.172 e. The van der Waals surface area contributed by atoms with E-state index < -0.39 is 0 Å². The molecule has 2 aromatic rings. The van der Waals surface area contributed by atoms with Crippen molar-refractivity contribution in [3.63, 3.8) is 0 Å². The van der Waals surface area contributed by atoms with Crippen molar-refractivity contribution in [1.29, 1.82) is 0 Å². The predicted molar refractivity (Wildman–Crippen MR) is 65.1 cm³/mol. The van der Waals surface area contributed by atoms with Gasteiger partial charge in [-0.25, -0.2) is 0 Å². The summed E-state index contributed by atoms with van der Waals surface area (Å²) in [6.07, 6.45) is 4.40. The van der Waals surface area contributed by atoms with Crippen LogP contribution in [0.25, 0.3) is 0 Å². The van der Waals surface area contributed by atoms with Crippen LogP contribution in [0.3, 0.4) is 0 Å². The summed E-state index contributed by atoms with van der Waals surface area (Å²) >= 11 is 0. The van der Waals surface area contributed by atoms with Crippen molar-refractivity contribution < 1.29 is 9.21 Å². The van der Waals surface area contributed by atoms with Gasteiger partial charge >= 0.3 is 0 Å². The minimum absolute atomic E-state index is 0.0620. The molecule has 0 aliphatic rings. The molecule has 17 heavy (non-hydrogen) atoms. The minimum Gasteiger partial charge on any atom is -0.469 e. The van der Waals surface area contributed by atoms with Gasteiger partial charge in [-0.1, -0.05) is 13.0 Å². The monoisotopic (exact) mass is 229 g/mol. The van der Waals surface area contributed by atoms with Gasteiger partial charge in [-0.15, -0.1) is 0 Å². The van der Waals surface area contributed by atoms with Crippen LogP contribution in [0.2, 0.25) is 0 Å². The first-order valence-electron chi connectivity index (χ1n) is 5.71. The Bertz CT molecular complexity index is 511. The third-order valence-electron chi connectivity index (χ3n) is 2.68.